The van der Waals surface area contributed by atoms with E-state index in [2.05, 4.69) is 15.9 Å². The van der Waals surface area contributed by atoms with E-state index in [0.29, 0.717) is 23.9 Å². The van der Waals surface area contributed by atoms with Crippen molar-refractivity contribution in [1.29, 1.82) is 0 Å². The highest BCUT2D eigenvalue weighted by Crippen LogP contribution is 2.33. The molecule has 1 heterocycles. The second kappa shape index (κ2) is 10.5. The van der Waals surface area contributed by atoms with Gasteiger partial charge < -0.3 is 9.47 Å². The first-order chi connectivity index (χ1) is 15.6. The lowest BCUT2D eigenvalue weighted by atomic mass is 10.2. The van der Waals surface area contributed by atoms with Crippen molar-refractivity contribution in [1.82, 2.24) is 4.90 Å². The second-order valence-corrected chi connectivity index (χ2v) is 8.89. The van der Waals surface area contributed by atoms with E-state index in [1.54, 1.807) is 6.08 Å². The van der Waals surface area contributed by atoms with Crippen LogP contribution in [-0.2, 0) is 11.3 Å². The van der Waals surface area contributed by atoms with Crippen LogP contribution in [0.1, 0.15) is 11.1 Å². The zero-order valence-electron chi connectivity index (χ0n) is 17.1. The van der Waals surface area contributed by atoms with E-state index in [1.165, 1.54) is 4.90 Å². The molecule has 1 fully saturated rings. The Bertz CT molecular complexity index is 1130. The summed E-state index contributed by atoms with van der Waals surface area (Å²) in [6, 6.07) is 24.5. The van der Waals surface area contributed by atoms with Crippen molar-refractivity contribution in [2.24, 2.45) is 0 Å². The first-order valence-electron chi connectivity index (χ1n) is 9.99. The number of halogens is 1. The van der Waals surface area contributed by atoms with Crippen LogP contribution in [0.15, 0.2) is 88.2 Å². The summed E-state index contributed by atoms with van der Waals surface area (Å²) in [5, 5.41) is -0.269. The molecule has 0 spiro atoms. The Hall–Kier alpha value is -3.03. The van der Waals surface area contributed by atoms with Gasteiger partial charge in [0, 0.05) is 4.47 Å². The molecule has 0 unspecified atom stereocenters. The molecule has 3 aromatic rings. The third kappa shape index (κ3) is 5.81. The minimum atomic E-state index is -0.287. The predicted octanol–water partition coefficient (Wildman–Crippen LogP) is 6.14. The zero-order chi connectivity index (χ0) is 22.3. The summed E-state index contributed by atoms with van der Waals surface area (Å²) in [6.07, 6.45) is 1.72. The van der Waals surface area contributed by atoms with Crippen molar-refractivity contribution in [2.75, 3.05) is 13.2 Å². The molecule has 0 aromatic heterocycles. The third-order valence-electron chi connectivity index (χ3n) is 4.65. The number of para-hydroxylation sites is 1. The van der Waals surface area contributed by atoms with E-state index in [9.17, 15) is 9.59 Å². The Morgan fingerprint density at radius 1 is 0.844 bits per heavy atom. The highest BCUT2D eigenvalue weighted by molar-refractivity contribution is 9.10. The summed E-state index contributed by atoms with van der Waals surface area (Å²) >= 11 is 4.34. The smallest absolute Gasteiger partial charge is 0.293 e. The number of hydrogen-bond donors (Lipinski definition) is 0. The fourth-order valence-electron chi connectivity index (χ4n) is 3.09. The number of thioether (sulfide) groups is 1. The average molecular weight is 510 g/mol. The van der Waals surface area contributed by atoms with Crippen molar-refractivity contribution >= 4 is 44.9 Å². The van der Waals surface area contributed by atoms with Gasteiger partial charge in [-0.25, -0.2) is 0 Å². The molecular weight excluding hydrogens is 490 g/mol. The maximum absolute atomic E-state index is 12.8. The number of amides is 2. The lowest BCUT2D eigenvalue weighted by Gasteiger charge is -2.12. The molecule has 1 saturated heterocycles. The van der Waals surface area contributed by atoms with Crippen molar-refractivity contribution in [3.8, 4) is 11.5 Å². The molecule has 0 radical (unpaired) electrons. The lowest BCUT2D eigenvalue weighted by Crippen LogP contribution is -2.27. The highest BCUT2D eigenvalue weighted by atomic mass is 79.9. The molecule has 0 N–H and O–H groups in total. The molecule has 7 heteroatoms. The van der Waals surface area contributed by atoms with E-state index < -0.39 is 0 Å². The van der Waals surface area contributed by atoms with Crippen LogP contribution in [0.5, 0.6) is 11.5 Å². The largest absolute Gasteiger partial charge is 0.490 e. The summed E-state index contributed by atoms with van der Waals surface area (Å²) in [5.41, 5.74) is 1.69. The van der Waals surface area contributed by atoms with Crippen LogP contribution in [0.2, 0.25) is 0 Å². The lowest BCUT2D eigenvalue weighted by molar-refractivity contribution is -0.123. The fourth-order valence-corrected chi connectivity index (χ4v) is 4.19. The molecule has 1 aliphatic rings. The minimum absolute atomic E-state index is 0.250. The molecule has 2 amide bonds. The van der Waals surface area contributed by atoms with Gasteiger partial charge in [0.2, 0.25) is 0 Å². The maximum atomic E-state index is 12.8. The van der Waals surface area contributed by atoms with Crippen molar-refractivity contribution < 1.29 is 19.1 Å². The topological polar surface area (TPSA) is 55.8 Å². The summed E-state index contributed by atoms with van der Waals surface area (Å²) in [7, 11) is 0. The number of carbonyl (C=O) groups excluding carboxylic acids is 2. The van der Waals surface area contributed by atoms with E-state index in [1.807, 2.05) is 78.9 Å². The van der Waals surface area contributed by atoms with Crippen LogP contribution < -0.4 is 9.47 Å². The summed E-state index contributed by atoms with van der Waals surface area (Å²) in [5.74, 6) is 1.18. The molecule has 0 bridgehead atoms. The Labute approximate surface area is 199 Å². The average Bonchev–Trinajstić information content (AvgIpc) is 3.06. The minimum Gasteiger partial charge on any atom is -0.490 e. The molecule has 162 valence electrons. The van der Waals surface area contributed by atoms with Gasteiger partial charge in [-0.3, -0.25) is 14.5 Å². The van der Waals surface area contributed by atoms with Crippen LogP contribution in [0, 0.1) is 0 Å². The van der Waals surface area contributed by atoms with E-state index in [0.717, 1.165) is 33.1 Å². The van der Waals surface area contributed by atoms with Crippen LogP contribution in [-0.4, -0.2) is 29.3 Å². The standard InChI is InChI=1S/C25H20BrNO4S/c26-20-11-9-18(10-12-20)17-27-24(28)23(32-25(27)29)16-19-5-4-8-22(15-19)31-14-13-30-21-6-2-1-3-7-21/h1-12,15-16H,13-14,17H2/b23-16+. The molecule has 0 atom stereocenters. The summed E-state index contributed by atoms with van der Waals surface area (Å²) in [4.78, 5) is 26.8. The molecule has 32 heavy (non-hydrogen) atoms. The van der Waals surface area contributed by atoms with Gasteiger partial charge in [0.1, 0.15) is 24.7 Å². The summed E-state index contributed by atoms with van der Waals surface area (Å²) < 4.78 is 12.3. The molecule has 3 aromatic carbocycles. The zero-order valence-corrected chi connectivity index (χ0v) is 19.5. The number of carbonyl (C=O) groups is 2. The Morgan fingerprint density at radius 3 is 2.28 bits per heavy atom. The third-order valence-corrected chi connectivity index (χ3v) is 6.08. The number of rotatable bonds is 8. The van der Waals surface area contributed by atoms with Crippen molar-refractivity contribution in [2.45, 2.75) is 6.54 Å². The van der Waals surface area contributed by atoms with Gasteiger partial charge in [-0.15, -0.1) is 0 Å². The number of nitrogens with zero attached hydrogens (tertiary/aromatic N) is 1. The van der Waals surface area contributed by atoms with Gasteiger partial charge in [0.15, 0.2) is 0 Å². The van der Waals surface area contributed by atoms with Crippen molar-refractivity contribution in [3.05, 3.63) is 99.4 Å². The van der Waals surface area contributed by atoms with E-state index in [4.69, 9.17) is 9.47 Å². The van der Waals surface area contributed by atoms with Gasteiger partial charge in [-0.1, -0.05) is 58.4 Å². The predicted molar refractivity (Wildman–Crippen MR) is 130 cm³/mol. The molecule has 4 rings (SSSR count). The summed E-state index contributed by atoms with van der Waals surface area (Å²) in [6.45, 7) is 1.06. The Kier molecular flexibility index (Phi) is 7.29. The first kappa shape index (κ1) is 22.2. The number of benzene rings is 3. The molecular formula is C25H20BrNO4S. The normalized spacial score (nSPS) is 14.8. The van der Waals surface area contributed by atoms with E-state index in [-0.39, 0.29) is 17.7 Å². The monoisotopic (exact) mass is 509 g/mol. The van der Waals surface area contributed by atoms with Gasteiger partial charge in [0.25, 0.3) is 11.1 Å². The number of imide groups is 1. The molecule has 1 aliphatic heterocycles. The molecule has 0 saturated carbocycles. The van der Waals surface area contributed by atoms with Gasteiger partial charge in [-0.2, -0.15) is 0 Å². The molecule has 5 nitrogen and oxygen atoms in total. The fraction of sp³-hybridized carbons (Fsp3) is 0.120. The van der Waals surface area contributed by atoms with Crippen LogP contribution in [0.4, 0.5) is 4.79 Å². The highest BCUT2D eigenvalue weighted by Gasteiger charge is 2.34. The van der Waals surface area contributed by atoms with E-state index >= 15 is 0 Å². The maximum Gasteiger partial charge on any atom is 0.293 e. The quantitative estimate of drug-likeness (QED) is 0.269. The van der Waals surface area contributed by atoms with Crippen LogP contribution in [0.25, 0.3) is 6.08 Å². The van der Waals surface area contributed by atoms with Crippen LogP contribution >= 0.6 is 27.7 Å². The van der Waals surface area contributed by atoms with Gasteiger partial charge in [-0.05, 0) is 65.4 Å². The Morgan fingerprint density at radius 2 is 1.53 bits per heavy atom. The van der Waals surface area contributed by atoms with Gasteiger partial charge in [0.05, 0.1) is 11.4 Å². The van der Waals surface area contributed by atoms with Crippen LogP contribution in [0.3, 0.4) is 0 Å². The number of hydrogen-bond acceptors (Lipinski definition) is 5. The second-order valence-electron chi connectivity index (χ2n) is 6.98. The van der Waals surface area contributed by atoms with Gasteiger partial charge >= 0.3 is 0 Å². The Balaban J connectivity index is 1.36. The number of ether oxygens (including phenoxy) is 2. The first-order valence-corrected chi connectivity index (χ1v) is 11.6. The SMILES string of the molecule is O=C1S/C(=C/c2cccc(OCCOc3ccccc3)c2)C(=O)N1Cc1ccc(Br)cc1. The van der Waals surface area contributed by atoms with Crippen molar-refractivity contribution in [3.63, 3.8) is 0 Å². The molecule has 0 aliphatic carbocycles.